The third kappa shape index (κ3) is 3.57. The second kappa shape index (κ2) is 6.71. The Labute approximate surface area is 117 Å². The maximum atomic E-state index is 12.3. The maximum Gasteiger partial charge on any atom is 0.263 e. The van der Waals surface area contributed by atoms with Gasteiger partial charge in [0.15, 0.2) is 0 Å². The van der Waals surface area contributed by atoms with Crippen molar-refractivity contribution in [2.45, 2.75) is 18.9 Å². The van der Waals surface area contributed by atoms with Crippen LogP contribution in [0.3, 0.4) is 0 Å². The molecule has 0 aromatic carbocycles. The van der Waals surface area contributed by atoms with Crippen molar-refractivity contribution >= 4 is 17.2 Å². The zero-order valence-electron chi connectivity index (χ0n) is 10.9. The lowest BCUT2D eigenvalue weighted by Gasteiger charge is -2.30. The summed E-state index contributed by atoms with van der Waals surface area (Å²) in [5.41, 5.74) is 0. The zero-order valence-corrected chi connectivity index (χ0v) is 11.7. The van der Waals surface area contributed by atoms with E-state index in [1.807, 2.05) is 11.0 Å². The number of carbonyl (C=O) groups is 1. The highest BCUT2D eigenvalue weighted by atomic mass is 32.1. The van der Waals surface area contributed by atoms with Crippen LogP contribution < -0.4 is 0 Å². The molecule has 0 aliphatic carbocycles. The Morgan fingerprint density at radius 1 is 1.53 bits per heavy atom. The number of piperidine rings is 1. The van der Waals surface area contributed by atoms with E-state index in [1.165, 1.54) is 11.3 Å². The molecule has 0 spiro atoms. The first-order valence-electron chi connectivity index (χ1n) is 6.26. The van der Waals surface area contributed by atoms with Crippen molar-refractivity contribution in [3.05, 3.63) is 21.9 Å². The fourth-order valence-electron chi connectivity index (χ4n) is 2.10. The molecule has 1 aromatic heterocycles. The normalized spacial score (nSPS) is 16.0. The van der Waals surface area contributed by atoms with Gasteiger partial charge in [-0.1, -0.05) is 11.8 Å². The van der Waals surface area contributed by atoms with Crippen molar-refractivity contribution in [1.29, 1.82) is 0 Å². The number of aliphatic hydroxyl groups is 1. The summed E-state index contributed by atoms with van der Waals surface area (Å²) in [6, 6.07) is 3.62. The second-order valence-electron chi connectivity index (χ2n) is 4.35. The first-order valence-corrected chi connectivity index (χ1v) is 7.08. The molecule has 1 N–H and O–H groups in total. The minimum atomic E-state index is -0.161. The first kappa shape index (κ1) is 14.1. The van der Waals surface area contributed by atoms with E-state index < -0.39 is 0 Å². The number of rotatable bonds is 2. The number of nitrogens with zero attached hydrogens (tertiary/aromatic N) is 1. The Bertz CT molecular complexity index is 492. The lowest BCUT2D eigenvalue weighted by atomic mass is 10.1. The van der Waals surface area contributed by atoms with Crippen molar-refractivity contribution in [1.82, 2.24) is 4.90 Å². The highest BCUT2D eigenvalue weighted by Crippen LogP contribution is 2.20. The Hall–Kier alpha value is -1.35. The van der Waals surface area contributed by atoms with Crippen LogP contribution in [0.4, 0.5) is 0 Å². The molecule has 1 aromatic rings. The lowest BCUT2D eigenvalue weighted by molar-refractivity contribution is 0.0353. The Balaban J connectivity index is 1.98. The quantitative estimate of drug-likeness (QED) is 0.831. The van der Waals surface area contributed by atoms with Crippen molar-refractivity contribution in [2.75, 3.05) is 26.8 Å². The highest BCUT2D eigenvalue weighted by molar-refractivity contribution is 7.14. The van der Waals surface area contributed by atoms with E-state index in [1.54, 1.807) is 13.2 Å². The largest absolute Gasteiger partial charge is 0.384 e. The number of methoxy groups -OCH3 is 1. The van der Waals surface area contributed by atoms with E-state index in [2.05, 4.69) is 11.8 Å². The standard InChI is InChI=1S/C14H17NO3S/c1-18-11-6-8-15(9-7-11)14(17)13-5-4-12(19-13)3-2-10-16/h4-5,11,16H,6-10H2,1H3. The molecule has 0 atom stereocenters. The molecule has 0 unspecified atom stereocenters. The molecular formula is C14H17NO3S. The van der Waals surface area contributed by atoms with Gasteiger partial charge in [-0.15, -0.1) is 11.3 Å². The number of thiophene rings is 1. The molecular weight excluding hydrogens is 262 g/mol. The van der Waals surface area contributed by atoms with Crippen LogP contribution in [0.5, 0.6) is 0 Å². The summed E-state index contributed by atoms with van der Waals surface area (Å²) in [7, 11) is 1.72. The number of ether oxygens (including phenoxy) is 1. The average molecular weight is 279 g/mol. The van der Waals surface area contributed by atoms with Gasteiger partial charge in [0, 0.05) is 20.2 Å². The number of hydrogen-bond donors (Lipinski definition) is 1. The van der Waals surface area contributed by atoms with Gasteiger partial charge in [0.25, 0.3) is 5.91 Å². The van der Waals surface area contributed by atoms with Gasteiger partial charge in [-0.3, -0.25) is 4.79 Å². The van der Waals surface area contributed by atoms with Crippen LogP contribution in [0.15, 0.2) is 12.1 Å². The molecule has 4 nitrogen and oxygen atoms in total. The monoisotopic (exact) mass is 279 g/mol. The van der Waals surface area contributed by atoms with Gasteiger partial charge in [-0.2, -0.15) is 0 Å². The van der Waals surface area contributed by atoms with Gasteiger partial charge < -0.3 is 14.7 Å². The summed E-state index contributed by atoms with van der Waals surface area (Å²) in [5.74, 6) is 5.47. The molecule has 0 radical (unpaired) electrons. The number of hydrogen-bond acceptors (Lipinski definition) is 4. The van der Waals surface area contributed by atoms with Crippen LogP contribution in [0.2, 0.25) is 0 Å². The van der Waals surface area contributed by atoms with Crippen LogP contribution in [0.1, 0.15) is 27.4 Å². The molecule has 102 valence electrons. The summed E-state index contributed by atoms with van der Waals surface area (Å²) in [5, 5.41) is 8.64. The SMILES string of the molecule is COC1CCN(C(=O)c2ccc(C#CCO)s2)CC1. The maximum absolute atomic E-state index is 12.3. The minimum absolute atomic E-state index is 0.0663. The van der Waals surface area contributed by atoms with Crippen molar-refractivity contribution in [3.63, 3.8) is 0 Å². The lowest BCUT2D eigenvalue weighted by Crippen LogP contribution is -2.40. The summed E-state index contributed by atoms with van der Waals surface area (Å²) < 4.78 is 5.30. The predicted octanol–water partition coefficient (Wildman–Crippen LogP) is 1.34. The Morgan fingerprint density at radius 3 is 2.89 bits per heavy atom. The van der Waals surface area contributed by atoms with E-state index in [4.69, 9.17) is 9.84 Å². The van der Waals surface area contributed by atoms with Crippen molar-refractivity contribution in [3.8, 4) is 11.8 Å². The van der Waals surface area contributed by atoms with Crippen LogP contribution in [0.25, 0.3) is 0 Å². The average Bonchev–Trinajstić information content (AvgIpc) is 2.93. The molecule has 1 amide bonds. The van der Waals surface area contributed by atoms with Crippen LogP contribution in [0, 0.1) is 11.8 Å². The van der Waals surface area contributed by atoms with E-state index in [0.29, 0.717) is 4.88 Å². The Kier molecular flexibility index (Phi) is 4.97. The van der Waals surface area contributed by atoms with Crippen LogP contribution in [-0.2, 0) is 4.74 Å². The summed E-state index contributed by atoms with van der Waals surface area (Å²) >= 11 is 1.37. The molecule has 1 saturated heterocycles. The third-order valence-corrected chi connectivity index (χ3v) is 4.16. The van der Waals surface area contributed by atoms with E-state index in [9.17, 15) is 4.79 Å². The Morgan fingerprint density at radius 2 is 2.26 bits per heavy atom. The molecule has 0 saturated carbocycles. The van der Waals surface area contributed by atoms with Crippen LogP contribution in [-0.4, -0.2) is 48.8 Å². The van der Waals surface area contributed by atoms with Gasteiger partial charge in [0.2, 0.25) is 0 Å². The highest BCUT2D eigenvalue weighted by Gasteiger charge is 2.24. The van der Waals surface area contributed by atoms with Gasteiger partial charge >= 0.3 is 0 Å². The smallest absolute Gasteiger partial charge is 0.263 e. The minimum Gasteiger partial charge on any atom is -0.384 e. The zero-order chi connectivity index (χ0) is 13.7. The number of carbonyl (C=O) groups excluding carboxylic acids is 1. The molecule has 5 heteroatoms. The molecule has 1 aliphatic heterocycles. The van der Waals surface area contributed by atoms with E-state index >= 15 is 0 Å². The van der Waals surface area contributed by atoms with Crippen molar-refractivity contribution in [2.24, 2.45) is 0 Å². The molecule has 19 heavy (non-hydrogen) atoms. The van der Waals surface area contributed by atoms with Gasteiger partial charge in [-0.25, -0.2) is 0 Å². The molecule has 1 aliphatic rings. The van der Waals surface area contributed by atoms with Gasteiger partial charge in [0.1, 0.15) is 6.61 Å². The summed E-state index contributed by atoms with van der Waals surface area (Å²) in [4.78, 5) is 15.7. The summed E-state index contributed by atoms with van der Waals surface area (Å²) in [6.07, 6.45) is 2.06. The number of likely N-dealkylation sites (tertiary alicyclic amines) is 1. The van der Waals surface area contributed by atoms with Gasteiger partial charge in [0.05, 0.1) is 15.9 Å². The van der Waals surface area contributed by atoms with Crippen molar-refractivity contribution < 1.29 is 14.6 Å². The molecule has 1 fully saturated rings. The van der Waals surface area contributed by atoms with Gasteiger partial charge in [-0.05, 0) is 25.0 Å². The number of aliphatic hydroxyl groups excluding tert-OH is 1. The first-order chi connectivity index (χ1) is 9.24. The fraction of sp³-hybridized carbons (Fsp3) is 0.500. The third-order valence-electron chi connectivity index (χ3n) is 3.17. The predicted molar refractivity (Wildman–Crippen MR) is 74.2 cm³/mol. The molecule has 0 bridgehead atoms. The number of amides is 1. The van der Waals surface area contributed by atoms with E-state index in [-0.39, 0.29) is 18.6 Å². The van der Waals surface area contributed by atoms with E-state index in [0.717, 1.165) is 30.8 Å². The second-order valence-corrected chi connectivity index (χ2v) is 5.43. The fourth-order valence-corrected chi connectivity index (χ4v) is 2.95. The summed E-state index contributed by atoms with van der Waals surface area (Å²) in [6.45, 7) is 1.32. The topological polar surface area (TPSA) is 49.8 Å². The molecule has 2 heterocycles. The van der Waals surface area contributed by atoms with Crippen LogP contribution >= 0.6 is 11.3 Å². The molecule has 2 rings (SSSR count).